The van der Waals surface area contributed by atoms with Crippen LogP contribution < -0.4 is 5.56 Å². The Morgan fingerprint density at radius 3 is 2.81 bits per heavy atom. The zero-order valence-electron chi connectivity index (χ0n) is 14.9. The summed E-state index contributed by atoms with van der Waals surface area (Å²) in [6.07, 6.45) is 0.863. The van der Waals surface area contributed by atoms with Crippen LogP contribution in [0.4, 0.5) is 0 Å². The van der Waals surface area contributed by atoms with Crippen LogP contribution in [0.25, 0.3) is 15.5 Å². The van der Waals surface area contributed by atoms with Gasteiger partial charge in [-0.25, -0.2) is 9.97 Å². The van der Waals surface area contributed by atoms with Gasteiger partial charge < -0.3 is 0 Å². The molecule has 0 saturated carbocycles. The summed E-state index contributed by atoms with van der Waals surface area (Å²) in [6, 6.07) is 11.3. The lowest BCUT2D eigenvalue weighted by atomic mass is 10.1. The third kappa shape index (κ3) is 4.09. The van der Waals surface area contributed by atoms with Crippen LogP contribution in [-0.4, -0.2) is 29.8 Å². The summed E-state index contributed by atoms with van der Waals surface area (Å²) < 4.78 is 1.36. The molecule has 1 N–H and O–H groups in total. The van der Waals surface area contributed by atoms with Crippen molar-refractivity contribution in [2.45, 2.75) is 31.2 Å². The molecular formula is C18H18N6OS2. The maximum absolute atomic E-state index is 12.4. The average molecular weight is 399 g/mol. The van der Waals surface area contributed by atoms with Crippen LogP contribution in [-0.2, 0) is 12.2 Å². The molecule has 1 aromatic carbocycles. The molecule has 0 radical (unpaired) electrons. The average Bonchev–Trinajstić information content (AvgIpc) is 3.27. The Kier molecular flexibility index (Phi) is 5.04. The minimum Gasteiger partial charge on any atom is -0.267 e. The Hall–Kier alpha value is -2.52. The fourth-order valence-corrected chi connectivity index (χ4v) is 4.23. The summed E-state index contributed by atoms with van der Waals surface area (Å²) in [5.74, 6) is 1.93. The van der Waals surface area contributed by atoms with E-state index in [0.717, 1.165) is 22.8 Å². The maximum Gasteiger partial charge on any atom is 0.275 e. The van der Waals surface area contributed by atoms with E-state index in [4.69, 9.17) is 0 Å². The van der Waals surface area contributed by atoms with Gasteiger partial charge in [-0.05, 0) is 5.92 Å². The molecule has 3 aromatic heterocycles. The van der Waals surface area contributed by atoms with Gasteiger partial charge in [-0.3, -0.25) is 9.89 Å². The first-order chi connectivity index (χ1) is 13.1. The number of benzene rings is 1. The van der Waals surface area contributed by atoms with E-state index in [9.17, 15) is 4.79 Å². The van der Waals surface area contributed by atoms with Gasteiger partial charge in [0.15, 0.2) is 0 Å². The van der Waals surface area contributed by atoms with E-state index in [0.29, 0.717) is 27.5 Å². The Morgan fingerprint density at radius 2 is 2.04 bits per heavy atom. The lowest BCUT2D eigenvalue weighted by Crippen LogP contribution is -2.15. The molecule has 0 unspecified atom stereocenters. The molecule has 0 aliphatic heterocycles. The summed E-state index contributed by atoms with van der Waals surface area (Å²) in [4.78, 5) is 22.0. The largest absolute Gasteiger partial charge is 0.275 e. The molecule has 0 amide bonds. The van der Waals surface area contributed by atoms with Crippen LogP contribution in [0.5, 0.6) is 0 Å². The number of aromatic nitrogens is 6. The van der Waals surface area contributed by atoms with Gasteiger partial charge in [0.2, 0.25) is 10.1 Å². The van der Waals surface area contributed by atoms with Gasteiger partial charge in [0, 0.05) is 23.8 Å². The first-order valence-corrected chi connectivity index (χ1v) is 10.4. The number of hydrogen-bond acceptors (Lipinski definition) is 7. The van der Waals surface area contributed by atoms with Crippen molar-refractivity contribution in [1.29, 1.82) is 0 Å². The minimum absolute atomic E-state index is 0.176. The lowest BCUT2D eigenvalue weighted by Gasteiger charge is -1.98. The first kappa shape index (κ1) is 17.9. The summed E-state index contributed by atoms with van der Waals surface area (Å²) in [5, 5.41) is 13.0. The molecule has 4 rings (SSSR count). The molecule has 0 spiro atoms. The van der Waals surface area contributed by atoms with Crippen LogP contribution in [0.3, 0.4) is 0 Å². The normalized spacial score (nSPS) is 11.5. The number of H-pyrrole nitrogens is 1. The predicted molar refractivity (Wildman–Crippen MR) is 107 cm³/mol. The van der Waals surface area contributed by atoms with Crippen LogP contribution in [0.1, 0.15) is 25.4 Å². The van der Waals surface area contributed by atoms with Gasteiger partial charge in [-0.1, -0.05) is 67.3 Å². The van der Waals surface area contributed by atoms with E-state index in [1.54, 1.807) is 0 Å². The highest BCUT2D eigenvalue weighted by Gasteiger charge is 2.12. The number of aromatic amines is 1. The third-order valence-corrected chi connectivity index (χ3v) is 5.62. The summed E-state index contributed by atoms with van der Waals surface area (Å²) >= 11 is 2.87. The second-order valence-electron chi connectivity index (χ2n) is 6.50. The SMILES string of the molecule is CC(C)Cc1nc(SCc2cc(=O)n3nc(-c4ccccc4)sc3n2)n[nH]1. The van der Waals surface area contributed by atoms with Crippen LogP contribution in [0, 0.1) is 5.92 Å². The van der Waals surface area contributed by atoms with Gasteiger partial charge in [-0.15, -0.1) is 5.10 Å². The molecule has 0 fully saturated rings. The molecule has 0 aliphatic rings. The molecule has 0 aliphatic carbocycles. The Bertz CT molecular complexity index is 1120. The van der Waals surface area contributed by atoms with Crippen molar-refractivity contribution in [2.24, 2.45) is 5.92 Å². The zero-order valence-corrected chi connectivity index (χ0v) is 16.5. The summed E-state index contributed by atoms with van der Waals surface area (Å²) in [5.41, 5.74) is 1.50. The van der Waals surface area contributed by atoms with Crippen molar-refractivity contribution in [1.82, 2.24) is 29.8 Å². The van der Waals surface area contributed by atoms with E-state index in [2.05, 4.69) is 39.1 Å². The van der Waals surface area contributed by atoms with E-state index >= 15 is 0 Å². The van der Waals surface area contributed by atoms with Crippen molar-refractivity contribution >= 4 is 28.1 Å². The fourth-order valence-electron chi connectivity index (χ4n) is 2.59. The van der Waals surface area contributed by atoms with Gasteiger partial charge in [0.1, 0.15) is 10.8 Å². The van der Waals surface area contributed by atoms with E-state index in [1.165, 1.54) is 33.7 Å². The molecule has 9 heteroatoms. The maximum atomic E-state index is 12.4. The van der Waals surface area contributed by atoms with E-state index in [1.807, 2.05) is 30.3 Å². The number of nitrogens with one attached hydrogen (secondary N) is 1. The van der Waals surface area contributed by atoms with Crippen molar-refractivity contribution in [2.75, 3.05) is 0 Å². The topological polar surface area (TPSA) is 88.8 Å². The number of rotatable bonds is 6. The van der Waals surface area contributed by atoms with E-state index < -0.39 is 0 Å². The van der Waals surface area contributed by atoms with Crippen molar-refractivity contribution in [3.63, 3.8) is 0 Å². The molecule has 0 saturated heterocycles. The highest BCUT2D eigenvalue weighted by atomic mass is 32.2. The Labute approximate surface area is 163 Å². The van der Waals surface area contributed by atoms with Crippen molar-refractivity contribution in [3.05, 3.63) is 58.3 Å². The predicted octanol–water partition coefficient (Wildman–Crippen LogP) is 3.43. The van der Waals surface area contributed by atoms with Crippen molar-refractivity contribution in [3.8, 4) is 10.6 Å². The molecule has 0 atom stereocenters. The van der Waals surface area contributed by atoms with Crippen LogP contribution in [0.15, 0.2) is 46.3 Å². The summed E-state index contributed by atoms with van der Waals surface area (Å²) in [6.45, 7) is 4.28. The molecule has 138 valence electrons. The standard InChI is InChI=1S/C18H18N6OS2/c1-11(2)8-14-20-17(22-21-14)26-10-13-9-15(25)24-18(19-13)27-16(23-24)12-6-4-3-5-7-12/h3-7,9,11H,8,10H2,1-2H3,(H,20,21,22). The molecule has 3 heterocycles. The number of thioether (sulfide) groups is 1. The molecule has 0 bridgehead atoms. The van der Waals surface area contributed by atoms with Crippen LogP contribution >= 0.6 is 23.1 Å². The van der Waals surface area contributed by atoms with Gasteiger partial charge in [0.25, 0.3) is 5.56 Å². The van der Waals surface area contributed by atoms with Gasteiger partial charge >= 0.3 is 0 Å². The number of nitrogens with zero attached hydrogens (tertiary/aromatic N) is 5. The number of hydrogen-bond donors (Lipinski definition) is 1. The van der Waals surface area contributed by atoms with Gasteiger partial charge in [0.05, 0.1) is 5.69 Å². The molecule has 4 aromatic rings. The molecular weight excluding hydrogens is 380 g/mol. The third-order valence-electron chi connectivity index (χ3n) is 3.78. The highest BCUT2D eigenvalue weighted by molar-refractivity contribution is 7.98. The first-order valence-electron chi connectivity index (χ1n) is 8.58. The lowest BCUT2D eigenvalue weighted by molar-refractivity contribution is 0.622. The van der Waals surface area contributed by atoms with E-state index in [-0.39, 0.29) is 5.56 Å². The monoisotopic (exact) mass is 398 g/mol. The number of fused-ring (bicyclic) bond motifs is 1. The van der Waals surface area contributed by atoms with Gasteiger partial charge in [-0.2, -0.15) is 9.61 Å². The van der Waals surface area contributed by atoms with Crippen molar-refractivity contribution < 1.29 is 0 Å². The molecule has 7 nitrogen and oxygen atoms in total. The minimum atomic E-state index is -0.176. The highest BCUT2D eigenvalue weighted by Crippen LogP contribution is 2.25. The zero-order chi connectivity index (χ0) is 18.8. The Balaban J connectivity index is 1.54. The second kappa shape index (κ2) is 7.61. The molecule has 27 heavy (non-hydrogen) atoms. The summed E-state index contributed by atoms with van der Waals surface area (Å²) in [7, 11) is 0. The Morgan fingerprint density at radius 1 is 1.22 bits per heavy atom. The second-order valence-corrected chi connectivity index (χ2v) is 8.40. The fraction of sp³-hybridized carbons (Fsp3) is 0.278. The van der Waals surface area contributed by atoms with Crippen LogP contribution in [0.2, 0.25) is 0 Å². The quantitative estimate of drug-likeness (QED) is 0.501. The smallest absolute Gasteiger partial charge is 0.267 e.